The summed E-state index contributed by atoms with van der Waals surface area (Å²) in [7, 11) is -4.68. The first kappa shape index (κ1) is 56.6. The number of carbonyl (C=O) groups is 2. The molecular weight excluding hydrogens is 783 g/mol. The third-order valence-corrected chi connectivity index (χ3v) is 9.47. The van der Waals surface area contributed by atoms with Crippen molar-refractivity contribution in [3.63, 3.8) is 0 Å². The molecule has 0 amide bonds. The van der Waals surface area contributed by atoms with Crippen molar-refractivity contribution in [3.05, 3.63) is 109 Å². The molecule has 0 bridgehead atoms. The van der Waals surface area contributed by atoms with Gasteiger partial charge in [-0.3, -0.25) is 18.6 Å². The molecule has 0 aliphatic carbocycles. The van der Waals surface area contributed by atoms with Gasteiger partial charge < -0.3 is 29.7 Å². The van der Waals surface area contributed by atoms with Crippen LogP contribution in [0.1, 0.15) is 136 Å². The summed E-state index contributed by atoms with van der Waals surface area (Å²) in [6.45, 7) is 1.95. The average molecular weight is 861 g/mol. The third-order valence-electron chi connectivity index (χ3n) is 8.52. The van der Waals surface area contributed by atoms with E-state index in [1.165, 1.54) is 19.3 Å². The van der Waals surface area contributed by atoms with Gasteiger partial charge in [-0.2, -0.15) is 0 Å². The first-order valence-electron chi connectivity index (χ1n) is 22.0. The van der Waals surface area contributed by atoms with E-state index >= 15 is 0 Å². The smallest absolute Gasteiger partial charge is 0.462 e. The van der Waals surface area contributed by atoms with Crippen molar-refractivity contribution in [2.24, 2.45) is 0 Å². The van der Waals surface area contributed by atoms with Crippen molar-refractivity contribution in [1.29, 1.82) is 0 Å². The molecule has 2 unspecified atom stereocenters. The van der Waals surface area contributed by atoms with Gasteiger partial charge >= 0.3 is 19.8 Å². The number of unbranched alkanes of at least 4 members (excludes halogenated alkanes) is 6. The number of allylic oxidation sites excluding steroid dienone is 17. The second kappa shape index (κ2) is 42.3. The first-order valence-corrected chi connectivity index (χ1v) is 23.4. The largest absolute Gasteiger partial charge is 0.472 e. The molecule has 11 nitrogen and oxygen atoms in total. The number of aliphatic hydroxyl groups excluding tert-OH is 3. The zero-order chi connectivity index (χ0) is 44.2. The van der Waals surface area contributed by atoms with E-state index in [-0.39, 0.29) is 12.8 Å². The molecule has 0 aliphatic rings. The number of phosphoric ester groups is 1. The van der Waals surface area contributed by atoms with Crippen LogP contribution in [-0.2, 0) is 32.7 Å². The zero-order valence-corrected chi connectivity index (χ0v) is 37.4. The molecule has 0 fully saturated rings. The summed E-state index contributed by atoms with van der Waals surface area (Å²) < 4.78 is 32.5. The molecule has 0 radical (unpaired) electrons. The maximum Gasteiger partial charge on any atom is 0.472 e. The maximum absolute atomic E-state index is 12.6. The van der Waals surface area contributed by atoms with Crippen LogP contribution < -0.4 is 0 Å². The Morgan fingerprint density at radius 2 is 1.10 bits per heavy atom. The fraction of sp³-hybridized carbons (Fsp3) is 0.583. The van der Waals surface area contributed by atoms with E-state index in [4.69, 9.17) is 19.1 Å². The highest BCUT2D eigenvalue weighted by Crippen LogP contribution is 2.43. The summed E-state index contributed by atoms with van der Waals surface area (Å²) in [6, 6.07) is 0. The van der Waals surface area contributed by atoms with Crippen LogP contribution in [0.15, 0.2) is 109 Å². The van der Waals surface area contributed by atoms with Crippen molar-refractivity contribution in [1.82, 2.24) is 0 Å². The Hall–Kier alpha value is -3.41. The normalized spacial score (nSPS) is 15.4. The number of phosphoric acid groups is 1. The van der Waals surface area contributed by atoms with Crippen molar-refractivity contribution >= 4 is 19.8 Å². The van der Waals surface area contributed by atoms with Gasteiger partial charge in [-0.25, -0.2) is 4.57 Å². The van der Waals surface area contributed by atoms with Gasteiger partial charge in [0.15, 0.2) is 6.10 Å². The Balaban J connectivity index is 4.57. The van der Waals surface area contributed by atoms with Gasteiger partial charge in [-0.05, 0) is 89.9 Å². The standard InChI is InChI=1S/C48H77O11P/c1-3-5-7-9-11-13-15-17-18-19-20-21-22-24-26-28-30-32-34-38-48(53)59-46(43-58-60(54,55)57-41-45(51)40-49)42-56-47(52)39-35-37-44(50)36-33-31-29-27-25-23-16-14-12-10-8-6-4-2/h6,8,11-14,17-18,20-21,23-26,29,31,33,36,44-46,49-51H,3-5,7,9-10,15-16,19,22,27-28,30,32,34-35,37-43H2,1-2H3,(H,54,55)/b8-6-,13-11-,14-12-,18-17-,21-20-,25-23-,26-24-,31-29-,36-33+/t44?,45-,46+/m0/s1. The highest BCUT2D eigenvalue weighted by atomic mass is 31.2. The first-order chi connectivity index (χ1) is 29.1. The average Bonchev–Trinajstić information content (AvgIpc) is 3.23. The van der Waals surface area contributed by atoms with Crippen molar-refractivity contribution < 1.29 is 52.9 Å². The van der Waals surface area contributed by atoms with Gasteiger partial charge in [0.1, 0.15) is 12.7 Å². The highest BCUT2D eigenvalue weighted by Gasteiger charge is 2.27. The van der Waals surface area contributed by atoms with Crippen LogP contribution in [0.4, 0.5) is 0 Å². The lowest BCUT2D eigenvalue weighted by molar-refractivity contribution is -0.161. The van der Waals surface area contributed by atoms with Crippen molar-refractivity contribution in [3.8, 4) is 0 Å². The minimum Gasteiger partial charge on any atom is -0.462 e. The van der Waals surface area contributed by atoms with Gasteiger partial charge in [0.2, 0.25) is 0 Å². The number of esters is 2. The van der Waals surface area contributed by atoms with Crippen LogP contribution in [0, 0.1) is 0 Å². The van der Waals surface area contributed by atoms with Crippen LogP contribution in [0.5, 0.6) is 0 Å². The van der Waals surface area contributed by atoms with Gasteiger partial charge in [-0.15, -0.1) is 0 Å². The second-order valence-corrected chi connectivity index (χ2v) is 15.6. The molecule has 0 aromatic heterocycles. The number of ether oxygens (including phenoxy) is 2. The molecule has 0 spiro atoms. The van der Waals surface area contributed by atoms with E-state index < -0.39 is 64.5 Å². The van der Waals surface area contributed by atoms with Crippen LogP contribution in [0.3, 0.4) is 0 Å². The molecule has 340 valence electrons. The molecular formula is C48H77O11P. The lowest BCUT2D eigenvalue weighted by Gasteiger charge is -2.20. The van der Waals surface area contributed by atoms with E-state index in [2.05, 4.69) is 103 Å². The molecule has 0 saturated carbocycles. The van der Waals surface area contributed by atoms with E-state index in [0.29, 0.717) is 19.3 Å². The molecule has 0 saturated heterocycles. The molecule has 0 aliphatic heterocycles. The lowest BCUT2D eigenvalue weighted by atomic mass is 10.1. The molecule has 0 rings (SSSR count). The Labute approximate surface area is 361 Å². The van der Waals surface area contributed by atoms with Gasteiger partial charge in [0.25, 0.3) is 0 Å². The fourth-order valence-electron chi connectivity index (χ4n) is 5.12. The molecule has 0 aromatic carbocycles. The van der Waals surface area contributed by atoms with Crippen LogP contribution in [0.2, 0.25) is 0 Å². The predicted octanol–water partition coefficient (Wildman–Crippen LogP) is 10.7. The second-order valence-electron chi connectivity index (χ2n) is 14.2. The summed E-state index contributed by atoms with van der Waals surface area (Å²) in [4.78, 5) is 35.0. The summed E-state index contributed by atoms with van der Waals surface area (Å²) in [5, 5.41) is 28.6. The summed E-state index contributed by atoms with van der Waals surface area (Å²) >= 11 is 0. The molecule has 60 heavy (non-hydrogen) atoms. The molecule has 4 atom stereocenters. The summed E-state index contributed by atoms with van der Waals surface area (Å²) in [5.41, 5.74) is 0. The van der Waals surface area contributed by atoms with Crippen LogP contribution >= 0.6 is 7.82 Å². The van der Waals surface area contributed by atoms with Crippen molar-refractivity contribution in [2.75, 3.05) is 26.4 Å². The Morgan fingerprint density at radius 3 is 1.67 bits per heavy atom. The molecule has 12 heteroatoms. The molecule has 0 heterocycles. The maximum atomic E-state index is 12.6. The molecule has 4 N–H and O–H groups in total. The number of carbonyl (C=O) groups excluding carboxylic acids is 2. The van der Waals surface area contributed by atoms with Crippen LogP contribution in [-0.4, -0.2) is 76.9 Å². The summed E-state index contributed by atoms with van der Waals surface area (Å²) in [6.07, 6.45) is 49.4. The Kier molecular flexibility index (Phi) is 39.9. The number of hydrogen-bond acceptors (Lipinski definition) is 10. The van der Waals surface area contributed by atoms with E-state index in [0.717, 1.165) is 70.6 Å². The third kappa shape index (κ3) is 41.3. The number of aliphatic hydroxyl groups is 3. The minimum absolute atomic E-state index is 0.00348. The van der Waals surface area contributed by atoms with E-state index in [1.807, 2.05) is 12.2 Å². The van der Waals surface area contributed by atoms with Gasteiger partial charge in [-0.1, -0.05) is 142 Å². The Bertz CT molecular complexity index is 1380. The molecule has 0 aromatic rings. The highest BCUT2D eigenvalue weighted by molar-refractivity contribution is 7.47. The minimum atomic E-state index is -4.68. The lowest BCUT2D eigenvalue weighted by Crippen LogP contribution is -2.30. The number of hydrogen-bond donors (Lipinski definition) is 4. The predicted molar refractivity (Wildman–Crippen MR) is 243 cm³/mol. The monoisotopic (exact) mass is 861 g/mol. The van der Waals surface area contributed by atoms with E-state index in [9.17, 15) is 29.3 Å². The topological polar surface area (TPSA) is 169 Å². The Morgan fingerprint density at radius 1 is 0.583 bits per heavy atom. The van der Waals surface area contributed by atoms with Crippen LogP contribution in [0.25, 0.3) is 0 Å². The quantitative estimate of drug-likeness (QED) is 0.0153. The zero-order valence-electron chi connectivity index (χ0n) is 36.5. The van der Waals surface area contributed by atoms with E-state index in [1.54, 1.807) is 12.2 Å². The fourth-order valence-corrected chi connectivity index (χ4v) is 5.91. The van der Waals surface area contributed by atoms with Crippen molar-refractivity contribution in [2.45, 2.75) is 154 Å². The van der Waals surface area contributed by atoms with Gasteiger partial charge in [0, 0.05) is 12.8 Å². The van der Waals surface area contributed by atoms with Gasteiger partial charge in [0.05, 0.1) is 25.9 Å². The number of rotatable bonds is 39. The SMILES string of the molecule is CC/C=C\C/C=C\C/C=C\C/C=C\C=C\C(O)CCCC(=O)OC[C@H](COP(=O)(O)OC[C@@H](O)CO)OC(=O)CCCCC/C=C\C/C=C\C/C=C\C/C=C\CCCCC. The summed E-state index contributed by atoms with van der Waals surface area (Å²) in [5.74, 6) is -1.18.